The molecule has 0 saturated carbocycles. The van der Waals surface area contributed by atoms with E-state index in [1.807, 2.05) is 0 Å². The largest absolute Gasteiger partial charge is 0.481 e. The zero-order chi connectivity index (χ0) is 15.8. The molecule has 0 aromatic heterocycles. The fraction of sp³-hybridized carbons (Fsp3) is 0.417. The van der Waals surface area contributed by atoms with Gasteiger partial charge in [-0.1, -0.05) is 23.2 Å². The highest BCUT2D eigenvalue weighted by atomic mass is 35.5. The lowest BCUT2D eigenvalue weighted by atomic mass is 10.1. The van der Waals surface area contributed by atoms with Crippen LogP contribution in [-0.2, 0) is 19.6 Å². The Morgan fingerprint density at radius 2 is 2.00 bits per heavy atom. The molecule has 2 atom stereocenters. The summed E-state index contributed by atoms with van der Waals surface area (Å²) >= 11 is 11.6. The van der Waals surface area contributed by atoms with Crippen LogP contribution < -0.4 is 0 Å². The highest BCUT2D eigenvalue weighted by Crippen LogP contribution is 2.29. The van der Waals surface area contributed by atoms with E-state index in [1.54, 1.807) is 0 Å². The Balaban J connectivity index is 2.34. The predicted molar refractivity (Wildman–Crippen MR) is 77.1 cm³/mol. The number of rotatable bonds is 4. The molecule has 0 spiro atoms. The van der Waals surface area contributed by atoms with E-state index >= 15 is 0 Å². The minimum Gasteiger partial charge on any atom is -0.481 e. The van der Waals surface area contributed by atoms with E-state index in [1.165, 1.54) is 25.2 Å². The molecule has 116 valence electrons. The molecular weight excluding hydrogens is 341 g/mol. The molecule has 9 heteroatoms. The van der Waals surface area contributed by atoms with Gasteiger partial charge in [-0.15, -0.1) is 0 Å². The van der Waals surface area contributed by atoms with Gasteiger partial charge in [-0.3, -0.25) is 4.79 Å². The van der Waals surface area contributed by atoms with Crippen molar-refractivity contribution < 1.29 is 23.1 Å². The van der Waals surface area contributed by atoms with Crippen LogP contribution in [0.3, 0.4) is 0 Å². The molecule has 1 aliphatic heterocycles. The third kappa shape index (κ3) is 3.17. The Kier molecular flexibility index (Phi) is 4.79. The van der Waals surface area contributed by atoms with Crippen molar-refractivity contribution in [3.63, 3.8) is 0 Å². The van der Waals surface area contributed by atoms with Crippen molar-refractivity contribution >= 4 is 39.2 Å². The highest BCUT2D eigenvalue weighted by Gasteiger charge is 2.41. The first-order valence-corrected chi connectivity index (χ1v) is 8.18. The van der Waals surface area contributed by atoms with Crippen molar-refractivity contribution in [1.29, 1.82) is 0 Å². The molecule has 1 aromatic rings. The highest BCUT2D eigenvalue weighted by molar-refractivity contribution is 7.89. The Morgan fingerprint density at radius 1 is 1.33 bits per heavy atom. The van der Waals surface area contributed by atoms with Gasteiger partial charge in [0.25, 0.3) is 0 Å². The molecule has 21 heavy (non-hydrogen) atoms. The lowest BCUT2D eigenvalue weighted by molar-refractivity contribution is -0.142. The Hall–Kier alpha value is -0.860. The van der Waals surface area contributed by atoms with Crippen LogP contribution in [-0.4, -0.2) is 50.1 Å². The summed E-state index contributed by atoms with van der Waals surface area (Å²) in [6.45, 7) is 0.0231. The first kappa shape index (κ1) is 16.5. The Bertz CT molecular complexity index is 664. The van der Waals surface area contributed by atoms with Crippen molar-refractivity contribution in [2.24, 2.45) is 5.92 Å². The van der Waals surface area contributed by atoms with Crippen molar-refractivity contribution in [2.75, 3.05) is 20.3 Å². The molecule has 0 aliphatic carbocycles. The van der Waals surface area contributed by atoms with Crippen LogP contribution in [0.25, 0.3) is 0 Å². The summed E-state index contributed by atoms with van der Waals surface area (Å²) in [6.07, 6.45) is 0. The molecule has 1 aromatic carbocycles. The van der Waals surface area contributed by atoms with Crippen LogP contribution >= 0.6 is 23.2 Å². The lowest BCUT2D eigenvalue weighted by Crippen LogP contribution is -2.44. The third-order valence-corrected chi connectivity index (χ3v) is 6.02. The minimum atomic E-state index is -3.88. The third-order valence-electron chi connectivity index (χ3n) is 3.40. The van der Waals surface area contributed by atoms with Gasteiger partial charge in [-0.05, 0) is 18.2 Å². The van der Waals surface area contributed by atoms with Gasteiger partial charge in [0.05, 0.1) is 40.1 Å². The Morgan fingerprint density at radius 3 is 2.57 bits per heavy atom. The van der Waals surface area contributed by atoms with E-state index in [0.717, 1.165) is 4.31 Å². The molecular formula is C12H13Cl2NO5S. The van der Waals surface area contributed by atoms with Gasteiger partial charge in [0.1, 0.15) is 0 Å². The Labute approximate surface area is 132 Å². The van der Waals surface area contributed by atoms with Crippen molar-refractivity contribution in [1.82, 2.24) is 4.31 Å². The van der Waals surface area contributed by atoms with Gasteiger partial charge >= 0.3 is 5.97 Å². The molecule has 1 N–H and O–H groups in total. The van der Waals surface area contributed by atoms with E-state index < -0.39 is 28.0 Å². The van der Waals surface area contributed by atoms with Gasteiger partial charge in [0, 0.05) is 7.05 Å². The number of sulfonamides is 1. The zero-order valence-electron chi connectivity index (χ0n) is 11.0. The van der Waals surface area contributed by atoms with Crippen molar-refractivity contribution in [3.05, 3.63) is 28.2 Å². The first-order valence-electron chi connectivity index (χ1n) is 5.99. The van der Waals surface area contributed by atoms with E-state index in [4.69, 9.17) is 33.0 Å². The van der Waals surface area contributed by atoms with Crippen LogP contribution in [0.1, 0.15) is 0 Å². The molecule has 2 unspecified atom stereocenters. The maximum absolute atomic E-state index is 12.5. The van der Waals surface area contributed by atoms with Crippen LogP contribution in [0.4, 0.5) is 0 Å². The molecule has 0 radical (unpaired) electrons. The number of carboxylic acid groups (broad SMARTS) is 1. The second kappa shape index (κ2) is 6.10. The van der Waals surface area contributed by atoms with Gasteiger partial charge in [-0.2, -0.15) is 4.31 Å². The number of nitrogens with zero attached hydrogens (tertiary/aromatic N) is 1. The van der Waals surface area contributed by atoms with Crippen LogP contribution in [0, 0.1) is 5.92 Å². The first-order chi connectivity index (χ1) is 9.75. The average Bonchev–Trinajstić information content (AvgIpc) is 2.90. The average molecular weight is 354 g/mol. The van der Waals surface area contributed by atoms with Gasteiger partial charge in [0.15, 0.2) is 0 Å². The van der Waals surface area contributed by atoms with E-state index in [9.17, 15) is 13.2 Å². The molecule has 0 amide bonds. The predicted octanol–water partition coefficient (Wildman–Crippen LogP) is 1.71. The van der Waals surface area contributed by atoms with E-state index in [-0.39, 0.29) is 28.2 Å². The number of hydrogen-bond acceptors (Lipinski definition) is 4. The maximum Gasteiger partial charge on any atom is 0.310 e. The molecule has 6 nitrogen and oxygen atoms in total. The number of benzene rings is 1. The number of halogens is 2. The monoisotopic (exact) mass is 353 g/mol. The second-order valence-corrected chi connectivity index (χ2v) is 7.46. The molecule has 2 rings (SSSR count). The number of ether oxygens (including phenoxy) is 1. The standard InChI is InChI=1S/C12H13Cl2NO5S/c1-15(11-6-20-5-8(11)12(16)17)21(18,19)7-2-3-9(13)10(14)4-7/h2-4,8,11H,5-6H2,1H3,(H,16,17). The van der Waals surface area contributed by atoms with Crippen LogP contribution in [0.2, 0.25) is 10.0 Å². The summed E-state index contributed by atoms with van der Waals surface area (Å²) < 4.78 is 31.2. The lowest BCUT2D eigenvalue weighted by Gasteiger charge is -2.25. The smallest absolute Gasteiger partial charge is 0.310 e. The topological polar surface area (TPSA) is 83.9 Å². The number of aliphatic carboxylic acids is 1. The number of carbonyl (C=O) groups is 1. The van der Waals surface area contributed by atoms with Crippen LogP contribution in [0.5, 0.6) is 0 Å². The summed E-state index contributed by atoms with van der Waals surface area (Å²) in [6, 6.07) is 3.18. The number of carboxylic acids is 1. The SMILES string of the molecule is CN(C1COCC1C(=O)O)S(=O)(=O)c1ccc(Cl)c(Cl)c1. The minimum absolute atomic E-state index is 0.0127. The number of hydrogen-bond donors (Lipinski definition) is 1. The summed E-state index contributed by atoms with van der Waals surface area (Å²) in [7, 11) is -2.55. The molecule has 1 saturated heterocycles. The summed E-state index contributed by atoms with van der Waals surface area (Å²) in [4.78, 5) is 11.1. The maximum atomic E-state index is 12.5. The van der Waals surface area contributed by atoms with Crippen molar-refractivity contribution in [3.8, 4) is 0 Å². The fourth-order valence-electron chi connectivity index (χ4n) is 2.12. The molecule has 0 bridgehead atoms. The van der Waals surface area contributed by atoms with Gasteiger partial charge in [0.2, 0.25) is 10.0 Å². The summed E-state index contributed by atoms with van der Waals surface area (Å²) in [5.41, 5.74) is 0. The van der Waals surface area contributed by atoms with E-state index in [0.29, 0.717) is 0 Å². The summed E-state index contributed by atoms with van der Waals surface area (Å²) in [5, 5.41) is 9.47. The normalized spacial score (nSPS) is 22.7. The fourth-order valence-corrected chi connectivity index (χ4v) is 3.89. The quantitative estimate of drug-likeness (QED) is 0.890. The molecule has 1 aliphatic rings. The van der Waals surface area contributed by atoms with Gasteiger partial charge < -0.3 is 9.84 Å². The van der Waals surface area contributed by atoms with Crippen molar-refractivity contribution in [2.45, 2.75) is 10.9 Å². The van der Waals surface area contributed by atoms with Crippen LogP contribution in [0.15, 0.2) is 23.1 Å². The molecule has 1 fully saturated rings. The second-order valence-electron chi connectivity index (χ2n) is 4.65. The molecule has 1 heterocycles. The van der Waals surface area contributed by atoms with Gasteiger partial charge in [-0.25, -0.2) is 8.42 Å². The van der Waals surface area contributed by atoms with E-state index in [2.05, 4.69) is 0 Å². The summed E-state index contributed by atoms with van der Waals surface area (Å²) in [5.74, 6) is -1.98. The number of likely N-dealkylation sites (N-methyl/N-ethyl adjacent to an activating group) is 1. The zero-order valence-corrected chi connectivity index (χ0v) is 13.3.